The van der Waals surface area contributed by atoms with Crippen molar-refractivity contribution in [1.82, 2.24) is 4.98 Å². The second-order valence-electron chi connectivity index (χ2n) is 3.92. The highest BCUT2D eigenvalue weighted by atomic mass is 35.5. The minimum atomic E-state index is 0.758. The van der Waals surface area contributed by atoms with Gasteiger partial charge in [0, 0.05) is 10.4 Å². The van der Waals surface area contributed by atoms with Gasteiger partial charge in [0.2, 0.25) is 0 Å². The summed E-state index contributed by atoms with van der Waals surface area (Å²) in [5.41, 5.74) is 1.07. The number of nitrogens with zero attached hydrogens (tertiary/aromatic N) is 1. The van der Waals surface area contributed by atoms with Gasteiger partial charge >= 0.3 is 0 Å². The number of thiazole rings is 1. The molecular formula is C14H10ClNS. The van der Waals surface area contributed by atoms with Crippen LogP contribution in [-0.4, -0.2) is 4.98 Å². The highest BCUT2D eigenvalue weighted by Gasteiger charge is 2.05. The fourth-order valence-electron chi connectivity index (χ4n) is 1.91. The van der Waals surface area contributed by atoms with Crippen molar-refractivity contribution in [2.45, 2.75) is 6.92 Å². The van der Waals surface area contributed by atoms with E-state index in [-0.39, 0.29) is 0 Å². The molecule has 3 heteroatoms. The van der Waals surface area contributed by atoms with Gasteiger partial charge in [-0.15, -0.1) is 11.3 Å². The normalized spacial score (nSPS) is 12.5. The largest absolute Gasteiger partial charge is 0.236 e. The summed E-state index contributed by atoms with van der Waals surface area (Å²) in [5, 5.41) is 4.15. The average molecular weight is 260 g/mol. The fourth-order valence-corrected chi connectivity index (χ4v) is 3.06. The third kappa shape index (κ3) is 1.94. The van der Waals surface area contributed by atoms with Crippen molar-refractivity contribution >= 4 is 50.0 Å². The first-order valence-corrected chi connectivity index (χ1v) is 6.55. The Hall–Kier alpha value is -1.38. The molecule has 0 unspecified atom stereocenters. The quantitative estimate of drug-likeness (QED) is 0.596. The van der Waals surface area contributed by atoms with Gasteiger partial charge in [-0.3, -0.25) is 0 Å². The third-order valence-electron chi connectivity index (χ3n) is 2.62. The lowest BCUT2D eigenvalue weighted by atomic mass is 10.1. The molecule has 1 aromatic heterocycles. The number of fused-ring (bicyclic) bond motifs is 3. The van der Waals surface area contributed by atoms with Crippen molar-refractivity contribution < 1.29 is 0 Å². The molecule has 3 aromatic rings. The van der Waals surface area contributed by atoms with Crippen LogP contribution in [0.5, 0.6) is 0 Å². The summed E-state index contributed by atoms with van der Waals surface area (Å²) in [7, 11) is 0. The van der Waals surface area contributed by atoms with Crippen LogP contribution in [0.1, 0.15) is 11.9 Å². The van der Waals surface area contributed by atoms with Gasteiger partial charge in [-0.05, 0) is 24.5 Å². The Morgan fingerprint density at radius 2 is 2.06 bits per heavy atom. The Kier molecular flexibility index (Phi) is 2.61. The Morgan fingerprint density at radius 3 is 2.88 bits per heavy atom. The molecule has 0 saturated heterocycles. The first-order chi connectivity index (χ1) is 8.24. The number of rotatable bonds is 1. The number of halogens is 1. The average Bonchev–Trinajstić information content (AvgIpc) is 2.70. The summed E-state index contributed by atoms with van der Waals surface area (Å²) >= 11 is 7.55. The standard InChI is InChI=1S/C14H10ClNS/c1-9(15)8-13-16-14-11-5-3-2-4-10(11)6-7-12(14)17-13/h2-8H,1H3. The van der Waals surface area contributed by atoms with Crippen LogP contribution < -0.4 is 0 Å². The van der Waals surface area contributed by atoms with E-state index in [4.69, 9.17) is 11.6 Å². The van der Waals surface area contributed by atoms with Crippen molar-refractivity contribution in [3.63, 3.8) is 0 Å². The van der Waals surface area contributed by atoms with E-state index in [2.05, 4.69) is 29.2 Å². The van der Waals surface area contributed by atoms with E-state index in [1.807, 2.05) is 25.1 Å². The number of benzene rings is 2. The van der Waals surface area contributed by atoms with Crippen LogP contribution in [0, 0.1) is 0 Å². The Bertz CT molecular complexity index is 723. The number of aromatic nitrogens is 1. The molecule has 0 saturated carbocycles. The summed E-state index contributed by atoms with van der Waals surface area (Å²) in [6, 6.07) is 12.6. The summed E-state index contributed by atoms with van der Waals surface area (Å²) in [4.78, 5) is 4.64. The second kappa shape index (κ2) is 4.13. The molecule has 3 rings (SSSR count). The molecule has 17 heavy (non-hydrogen) atoms. The molecule has 0 spiro atoms. The molecule has 1 nitrogen and oxygen atoms in total. The van der Waals surface area contributed by atoms with E-state index < -0.39 is 0 Å². The predicted molar refractivity (Wildman–Crippen MR) is 76.6 cm³/mol. The summed E-state index contributed by atoms with van der Waals surface area (Å²) in [6.07, 6.45) is 1.90. The van der Waals surface area contributed by atoms with E-state index in [1.165, 1.54) is 15.5 Å². The Morgan fingerprint density at radius 1 is 1.24 bits per heavy atom. The molecule has 1 heterocycles. The number of allylic oxidation sites excluding steroid dienone is 1. The second-order valence-corrected chi connectivity index (χ2v) is 5.58. The smallest absolute Gasteiger partial charge is 0.118 e. The maximum atomic E-state index is 5.89. The van der Waals surface area contributed by atoms with E-state index in [0.717, 1.165) is 15.6 Å². The van der Waals surface area contributed by atoms with E-state index >= 15 is 0 Å². The van der Waals surface area contributed by atoms with Crippen LogP contribution in [0.15, 0.2) is 41.4 Å². The van der Waals surface area contributed by atoms with Crippen LogP contribution in [0.3, 0.4) is 0 Å². The van der Waals surface area contributed by atoms with Gasteiger partial charge in [0.15, 0.2) is 0 Å². The minimum absolute atomic E-state index is 0.758. The predicted octanol–water partition coefficient (Wildman–Crippen LogP) is 5.05. The molecule has 0 atom stereocenters. The van der Waals surface area contributed by atoms with Crippen LogP contribution in [0.4, 0.5) is 0 Å². The molecule has 84 valence electrons. The van der Waals surface area contributed by atoms with Gasteiger partial charge in [-0.25, -0.2) is 4.98 Å². The lowest BCUT2D eigenvalue weighted by Crippen LogP contribution is -1.75. The third-order valence-corrected chi connectivity index (χ3v) is 3.70. The maximum absolute atomic E-state index is 5.89. The van der Waals surface area contributed by atoms with Gasteiger partial charge < -0.3 is 0 Å². The summed E-state index contributed by atoms with van der Waals surface area (Å²) in [6.45, 7) is 1.87. The topological polar surface area (TPSA) is 12.9 Å². The molecule has 0 aliphatic carbocycles. The van der Waals surface area contributed by atoms with Crippen molar-refractivity contribution in [2.75, 3.05) is 0 Å². The Labute approximate surface area is 108 Å². The first-order valence-electron chi connectivity index (χ1n) is 5.36. The first kappa shape index (κ1) is 10.8. The van der Waals surface area contributed by atoms with E-state index in [0.29, 0.717) is 0 Å². The summed E-state index contributed by atoms with van der Waals surface area (Å²) < 4.78 is 1.20. The fraction of sp³-hybridized carbons (Fsp3) is 0.0714. The van der Waals surface area contributed by atoms with Crippen molar-refractivity contribution in [1.29, 1.82) is 0 Å². The SMILES string of the molecule is CC(Cl)=Cc1nc2c(ccc3ccccc32)s1. The van der Waals surface area contributed by atoms with Gasteiger partial charge in [0.1, 0.15) is 5.01 Å². The molecule has 0 aliphatic heterocycles. The molecule has 0 bridgehead atoms. The number of hydrogen-bond acceptors (Lipinski definition) is 2. The lowest BCUT2D eigenvalue weighted by molar-refractivity contribution is 1.47. The van der Waals surface area contributed by atoms with Crippen LogP contribution in [0.25, 0.3) is 27.1 Å². The highest BCUT2D eigenvalue weighted by Crippen LogP contribution is 2.30. The van der Waals surface area contributed by atoms with Crippen LogP contribution in [-0.2, 0) is 0 Å². The molecule has 0 aliphatic rings. The van der Waals surface area contributed by atoms with Crippen molar-refractivity contribution in [3.8, 4) is 0 Å². The van der Waals surface area contributed by atoms with Gasteiger partial charge in [-0.2, -0.15) is 0 Å². The van der Waals surface area contributed by atoms with E-state index in [1.54, 1.807) is 11.3 Å². The zero-order chi connectivity index (χ0) is 11.8. The summed E-state index contributed by atoms with van der Waals surface area (Å²) in [5.74, 6) is 0. The highest BCUT2D eigenvalue weighted by molar-refractivity contribution is 7.19. The monoisotopic (exact) mass is 259 g/mol. The zero-order valence-electron chi connectivity index (χ0n) is 9.27. The van der Waals surface area contributed by atoms with Crippen molar-refractivity contribution in [3.05, 3.63) is 46.4 Å². The van der Waals surface area contributed by atoms with E-state index in [9.17, 15) is 0 Å². The van der Waals surface area contributed by atoms with Crippen LogP contribution in [0.2, 0.25) is 0 Å². The lowest BCUT2D eigenvalue weighted by Gasteiger charge is -1.96. The van der Waals surface area contributed by atoms with Gasteiger partial charge in [0.25, 0.3) is 0 Å². The zero-order valence-corrected chi connectivity index (χ0v) is 10.8. The molecule has 0 amide bonds. The molecule has 0 N–H and O–H groups in total. The van der Waals surface area contributed by atoms with Gasteiger partial charge in [-0.1, -0.05) is 41.9 Å². The Balaban J connectivity index is 2.35. The maximum Gasteiger partial charge on any atom is 0.118 e. The minimum Gasteiger partial charge on any atom is -0.236 e. The van der Waals surface area contributed by atoms with Crippen molar-refractivity contribution in [2.24, 2.45) is 0 Å². The molecular weight excluding hydrogens is 250 g/mol. The van der Waals surface area contributed by atoms with Gasteiger partial charge in [0.05, 0.1) is 10.2 Å². The number of hydrogen-bond donors (Lipinski definition) is 0. The van der Waals surface area contributed by atoms with Crippen LogP contribution >= 0.6 is 22.9 Å². The molecule has 2 aromatic carbocycles. The molecule has 0 radical (unpaired) electrons. The molecule has 0 fully saturated rings.